The van der Waals surface area contributed by atoms with Crippen molar-refractivity contribution in [2.75, 3.05) is 39.3 Å². The highest BCUT2D eigenvalue weighted by atomic mass is 16.2. The summed E-state index contributed by atoms with van der Waals surface area (Å²) in [5.41, 5.74) is 1.79. The van der Waals surface area contributed by atoms with Gasteiger partial charge in [0.1, 0.15) is 0 Å². The Labute approximate surface area is 188 Å². The number of benzene rings is 3. The quantitative estimate of drug-likeness (QED) is 0.601. The standard InChI is InChI=1S/C27H27N3O2/c31-26(13-11-21-10-12-22-6-4-5-9-24(22)18-21)30-19-25(20-30)28-14-16-29(17-15-28)27(32)23-7-2-1-3-8-23/h1-13,18,25H,14-17,19-20H2. The molecule has 0 atom stereocenters. The molecule has 5 heteroatoms. The van der Waals surface area contributed by atoms with Gasteiger partial charge in [-0.1, -0.05) is 54.6 Å². The number of likely N-dealkylation sites (tertiary alicyclic amines) is 1. The number of carbonyl (C=O) groups is 2. The first kappa shape index (κ1) is 20.5. The fourth-order valence-electron chi connectivity index (χ4n) is 4.50. The third kappa shape index (κ3) is 4.30. The Bertz CT molecular complexity index is 1140. The van der Waals surface area contributed by atoms with Crippen molar-refractivity contribution in [1.82, 2.24) is 14.7 Å². The minimum Gasteiger partial charge on any atom is -0.336 e. The first-order valence-corrected chi connectivity index (χ1v) is 11.2. The van der Waals surface area contributed by atoms with Gasteiger partial charge in [-0.15, -0.1) is 0 Å². The lowest BCUT2D eigenvalue weighted by Gasteiger charge is -2.47. The average Bonchev–Trinajstić information content (AvgIpc) is 2.82. The fourth-order valence-corrected chi connectivity index (χ4v) is 4.50. The SMILES string of the molecule is O=C(C=Cc1ccc2ccccc2c1)N1CC(N2CCN(C(=O)c3ccccc3)CC2)C1. The predicted octanol–water partition coefficient (Wildman–Crippen LogP) is 3.52. The van der Waals surface area contributed by atoms with Crippen molar-refractivity contribution in [2.45, 2.75) is 6.04 Å². The molecule has 5 nitrogen and oxygen atoms in total. The van der Waals surface area contributed by atoms with Crippen LogP contribution in [-0.2, 0) is 4.79 Å². The molecular weight excluding hydrogens is 398 g/mol. The number of amides is 2. The first-order chi connectivity index (χ1) is 15.7. The molecule has 0 saturated carbocycles. The van der Waals surface area contributed by atoms with Crippen molar-refractivity contribution in [3.05, 3.63) is 90.0 Å². The molecule has 32 heavy (non-hydrogen) atoms. The van der Waals surface area contributed by atoms with E-state index in [-0.39, 0.29) is 11.8 Å². The van der Waals surface area contributed by atoms with Crippen LogP contribution in [0.1, 0.15) is 15.9 Å². The van der Waals surface area contributed by atoms with Crippen LogP contribution in [0, 0.1) is 0 Å². The number of hydrogen-bond acceptors (Lipinski definition) is 3. The van der Waals surface area contributed by atoms with Crippen molar-refractivity contribution in [3.63, 3.8) is 0 Å². The summed E-state index contributed by atoms with van der Waals surface area (Å²) < 4.78 is 0. The minimum atomic E-state index is 0.0623. The van der Waals surface area contributed by atoms with E-state index in [1.165, 1.54) is 10.8 Å². The van der Waals surface area contributed by atoms with E-state index in [9.17, 15) is 9.59 Å². The molecule has 0 unspecified atom stereocenters. The molecule has 2 heterocycles. The summed E-state index contributed by atoms with van der Waals surface area (Å²) in [6.45, 7) is 4.71. The molecule has 3 aromatic rings. The monoisotopic (exact) mass is 425 g/mol. The predicted molar refractivity (Wildman–Crippen MR) is 127 cm³/mol. The highest BCUT2D eigenvalue weighted by molar-refractivity contribution is 5.94. The molecule has 2 aliphatic heterocycles. The number of hydrogen-bond donors (Lipinski definition) is 0. The number of fused-ring (bicyclic) bond motifs is 1. The molecule has 0 spiro atoms. The van der Waals surface area contributed by atoms with Crippen LogP contribution in [0.4, 0.5) is 0 Å². The van der Waals surface area contributed by atoms with Crippen molar-refractivity contribution in [3.8, 4) is 0 Å². The molecular formula is C27H27N3O2. The lowest BCUT2D eigenvalue weighted by atomic mass is 10.0. The Morgan fingerprint density at radius 1 is 0.750 bits per heavy atom. The topological polar surface area (TPSA) is 43.9 Å². The van der Waals surface area contributed by atoms with E-state index < -0.39 is 0 Å². The van der Waals surface area contributed by atoms with Crippen LogP contribution in [0.25, 0.3) is 16.8 Å². The van der Waals surface area contributed by atoms with Crippen LogP contribution in [-0.4, -0.2) is 71.8 Å². The summed E-state index contributed by atoms with van der Waals surface area (Å²) in [6, 6.07) is 24.3. The first-order valence-electron chi connectivity index (χ1n) is 11.2. The van der Waals surface area contributed by atoms with E-state index in [4.69, 9.17) is 0 Å². The second kappa shape index (κ2) is 8.97. The largest absolute Gasteiger partial charge is 0.336 e. The Morgan fingerprint density at radius 3 is 2.19 bits per heavy atom. The minimum absolute atomic E-state index is 0.0623. The number of nitrogens with zero attached hydrogens (tertiary/aromatic N) is 3. The van der Waals surface area contributed by atoms with Gasteiger partial charge in [0.05, 0.1) is 0 Å². The highest BCUT2D eigenvalue weighted by Crippen LogP contribution is 2.20. The van der Waals surface area contributed by atoms with E-state index in [2.05, 4.69) is 29.2 Å². The third-order valence-corrected chi connectivity index (χ3v) is 6.50. The summed E-state index contributed by atoms with van der Waals surface area (Å²) in [7, 11) is 0. The van der Waals surface area contributed by atoms with E-state index in [0.29, 0.717) is 6.04 Å². The average molecular weight is 426 g/mol. The van der Waals surface area contributed by atoms with Crippen molar-refractivity contribution in [2.24, 2.45) is 0 Å². The number of piperazine rings is 1. The smallest absolute Gasteiger partial charge is 0.253 e. The van der Waals surface area contributed by atoms with E-state index in [1.54, 1.807) is 6.08 Å². The fraction of sp³-hybridized carbons (Fsp3) is 0.259. The molecule has 0 N–H and O–H groups in total. The van der Waals surface area contributed by atoms with Crippen LogP contribution in [0.2, 0.25) is 0 Å². The Kier molecular flexibility index (Phi) is 5.73. The van der Waals surface area contributed by atoms with Gasteiger partial charge in [0.15, 0.2) is 0 Å². The summed E-state index contributed by atoms with van der Waals surface area (Å²) in [6.07, 6.45) is 3.58. The molecule has 162 valence electrons. The second-order valence-electron chi connectivity index (χ2n) is 8.53. The molecule has 0 radical (unpaired) electrons. The van der Waals surface area contributed by atoms with Gasteiger partial charge in [0.2, 0.25) is 5.91 Å². The lowest BCUT2D eigenvalue weighted by molar-refractivity contribution is -0.133. The normalized spacial score (nSPS) is 17.6. The highest BCUT2D eigenvalue weighted by Gasteiger charge is 2.35. The van der Waals surface area contributed by atoms with Crippen molar-refractivity contribution >= 4 is 28.7 Å². The van der Waals surface area contributed by atoms with Crippen LogP contribution in [0.5, 0.6) is 0 Å². The molecule has 2 aliphatic rings. The van der Waals surface area contributed by atoms with Gasteiger partial charge in [0, 0.05) is 56.9 Å². The number of carbonyl (C=O) groups excluding carboxylic acids is 2. The summed E-state index contributed by atoms with van der Waals surface area (Å²) in [5, 5.41) is 2.38. The van der Waals surface area contributed by atoms with Crippen LogP contribution in [0.15, 0.2) is 78.9 Å². The van der Waals surface area contributed by atoms with E-state index >= 15 is 0 Å². The molecule has 3 aromatic carbocycles. The van der Waals surface area contributed by atoms with Gasteiger partial charge >= 0.3 is 0 Å². The van der Waals surface area contributed by atoms with Crippen LogP contribution in [0.3, 0.4) is 0 Å². The van der Waals surface area contributed by atoms with Crippen LogP contribution >= 0.6 is 0 Å². The zero-order chi connectivity index (χ0) is 21.9. The second-order valence-corrected chi connectivity index (χ2v) is 8.53. The van der Waals surface area contributed by atoms with Crippen molar-refractivity contribution in [1.29, 1.82) is 0 Å². The zero-order valence-corrected chi connectivity index (χ0v) is 18.1. The molecule has 2 amide bonds. The van der Waals surface area contributed by atoms with Gasteiger partial charge in [-0.25, -0.2) is 0 Å². The maximum absolute atomic E-state index is 12.6. The molecule has 0 bridgehead atoms. The molecule has 5 rings (SSSR count). The van der Waals surface area contributed by atoms with E-state index in [0.717, 1.165) is 50.4 Å². The third-order valence-electron chi connectivity index (χ3n) is 6.50. The molecule has 0 aliphatic carbocycles. The lowest BCUT2D eigenvalue weighted by Crippen LogP contribution is -2.64. The Morgan fingerprint density at radius 2 is 1.44 bits per heavy atom. The van der Waals surface area contributed by atoms with Gasteiger partial charge in [0.25, 0.3) is 5.91 Å². The maximum atomic E-state index is 12.6. The van der Waals surface area contributed by atoms with Gasteiger partial charge in [-0.05, 0) is 40.6 Å². The Hall–Kier alpha value is -3.44. The van der Waals surface area contributed by atoms with Gasteiger partial charge < -0.3 is 9.80 Å². The summed E-state index contributed by atoms with van der Waals surface area (Å²) in [5.74, 6) is 0.168. The molecule has 0 aromatic heterocycles. The summed E-state index contributed by atoms with van der Waals surface area (Å²) >= 11 is 0. The van der Waals surface area contributed by atoms with Gasteiger partial charge in [-0.3, -0.25) is 14.5 Å². The summed E-state index contributed by atoms with van der Waals surface area (Å²) in [4.78, 5) is 31.4. The van der Waals surface area contributed by atoms with Gasteiger partial charge in [-0.2, -0.15) is 0 Å². The maximum Gasteiger partial charge on any atom is 0.253 e. The van der Waals surface area contributed by atoms with Crippen molar-refractivity contribution < 1.29 is 9.59 Å². The van der Waals surface area contributed by atoms with E-state index in [1.807, 2.05) is 64.4 Å². The zero-order valence-electron chi connectivity index (χ0n) is 18.1. The molecule has 2 fully saturated rings. The number of rotatable bonds is 4. The van der Waals surface area contributed by atoms with Crippen LogP contribution < -0.4 is 0 Å². The molecule has 2 saturated heterocycles. The Balaban J connectivity index is 1.10.